The number of hydrogen-bond acceptors (Lipinski definition) is 0. The molecule has 0 N–H and O–H groups in total. The van der Waals surface area contributed by atoms with E-state index in [0.29, 0.717) is 0 Å². The summed E-state index contributed by atoms with van der Waals surface area (Å²) in [5, 5.41) is 0. The largest absolute Gasteiger partial charge is 0.0814 e. The van der Waals surface area contributed by atoms with Crippen LogP contribution in [0.5, 0.6) is 0 Å². The fourth-order valence-electron chi connectivity index (χ4n) is 0. The third-order valence-corrected chi connectivity index (χ3v) is 0. The Morgan fingerprint density at radius 1 is 1.00 bits per heavy atom. The van der Waals surface area contributed by atoms with Crippen molar-refractivity contribution in [2.75, 3.05) is 0 Å². The van der Waals surface area contributed by atoms with Gasteiger partial charge in [0.2, 0.25) is 0 Å². The molecule has 36 valence electrons. The van der Waals surface area contributed by atoms with Crippen LogP contribution in [0.2, 0.25) is 0 Å². The Labute approximate surface area is 85.0 Å². The average Bonchev–Trinajstić information content (AvgIpc) is 0. The number of hydrogen-bond donors (Lipinski definition) is 0. The molecule has 0 spiro atoms. The van der Waals surface area contributed by atoms with E-state index in [-0.39, 0.29) is 86.1 Å². The van der Waals surface area contributed by atoms with Crippen LogP contribution in [0, 0.1) is 0 Å². The van der Waals surface area contributed by atoms with Gasteiger partial charge in [-0.2, -0.15) is 0 Å². The van der Waals surface area contributed by atoms with Crippen LogP contribution in [0.25, 0.3) is 0 Å². The summed E-state index contributed by atoms with van der Waals surface area (Å²) < 4.78 is 0. The minimum Gasteiger partial charge on any atom is 0 e. The molecule has 5 heteroatoms. The molecule has 0 saturated carbocycles. The van der Waals surface area contributed by atoms with E-state index >= 15 is 0 Å². The van der Waals surface area contributed by atoms with E-state index in [2.05, 4.69) is 0 Å². The van der Waals surface area contributed by atoms with Gasteiger partial charge in [-0.25, -0.2) is 0 Å². The molecule has 0 atom stereocenters. The van der Waals surface area contributed by atoms with Crippen LogP contribution < -0.4 is 0 Å². The molecular weight excluding hydrogens is 274 g/mol. The predicted octanol–water partition coefficient (Wildman–Crippen LogP) is -1.19. The molecule has 0 nitrogen and oxygen atoms in total. The molecule has 0 aliphatic heterocycles. The normalized spacial score (nSPS) is 0. The van der Waals surface area contributed by atoms with Crippen LogP contribution in [-0.2, 0) is 77.7 Å². The molecule has 0 bridgehead atoms. The van der Waals surface area contributed by atoms with Crippen molar-refractivity contribution in [2.45, 2.75) is 0 Å². The molecule has 0 rings (SSSR count). The standard InChI is InChI=1S/BH3.Cu.Nb.Ni.Ti/h1H3;;;;. The Morgan fingerprint density at radius 2 is 1.00 bits per heavy atom. The van der Waals surface area contributed by atoms with Gasteiger partial charge >= 0.3 is 0 Å². The average molecular weight is 277 g/mol. The van der Waals surface area contributed by atoms with Crippen molar-refractivity contribution in [3.05, 3.63) is 0 Å². The first-order valence-electron chi connectivity index (χ1n) is 0. The monoisotopic (exact) mass is 276 g/mol. The van der Waals surface area contributed by atoms with E-state index < -0.39 is 0 Å². The SMILES string of the molecule is B.[Cu].[Nb].[Ni].[Ti]. The summed E-state index contributed by atoms with van der Waals surface area (Å²) in [6, 6.07) is 0. The third kappa shape index (κ3) is 20.9. The molecule has 0 fully saturated rings. The summed E-state index contributed by atoms with van der Waals surface area (Å²) >= 11 is 0. The quantitative estimate of drug-likeness (QED) is 0.488. The Kier molecular flexibility index (Phi) is 313. The van der Waals surface area contributed by atoms with Gasteiger partial charge < -0.3 is 0 Å². The van der Waals surface area contributed by atoms with Crippen LogP contribution in [0.1, 0.15) is 0 Å². The first-order valence-corrected chi connectivity index (χ1v) is 0. The van der Waals surface area contributed by atoms with E-state index in [4.69, 9.17) is 0 Å². The Morgan fingerprint density at radius 3 is 1.00 bits per heavy atom. The molecule has 0 aromatic carbocycles. The molecule has 0 saturated heterocycles. The zero-order valence-corrected chi connectivity index (χ0v) is 7.25. The molecule has 0 amide bonds. The van der Waals surface area contributed by atoms with E-state index in [0.717, 1.165) is 0 Å². The third-order valence-electron chi connectivity index (χ3n) is 0. The topological polar surface area (TPSA) is 0 Å². The van der Waals surface area contributed by atoms with E-state index in [9.17, 15) is 0 Å². The molecule has 0 heterocycles. The minimum atomic E-state index is 0. The zero-order valence-electron chi connectivity index (χ0n) is 1.56. The molecule has 0 aromatic heterocycles. The summed E-state index contributed by atoms with van der Waals surface area (Å²) in [5.41, 5.74) is 0. The second kappa shape index (κ2) is 31.2. The fourth-order valence-corrected chi connectivity index (χ4v) is 0. The van der Waals surface area contributed by atoms with Gasteiger partial charge in [-0.05, 0) is 0 Å². The summed E-state index contributed by atoms with van der Waals surface area (Å²) in [4.78, 5) is 0. The van der Waals surface area contributed by atoms with E-state index in [1.54, 1.807) is 0 Å². The summed E-state index contributed by atoms with van der Waals surface area (Å²) in [6.45, 7) is 0. The van der Waals surface area contributed by atoms with Gasteiger partial charge in [0, 0.05) is 77.7 Å². The van der Waals surface area contributed by atoms with Gasteiger partial charge in [0.25, 0.3) is 0 Å². The summed E-state index contributed by atoms with van der Waals surface area (Å²) in [6.07, 6.45) is 0. The van der Waals surface area contributed by atoms with Gasteiger partial charge in [-0.1, -0.05) is 0 Å². The van der Waals surface area contributed by atoms with Gasteiger partial charge in [0.05, 0.1) is 8.41 Å². The van der Waals surface area contributed by atoms with Crippen molar-refractivity contribution in [2.24, 2.45) is 0 Å². The van der Waals surface area contributed by atoms with Crippen molar-refractivity contribution >= 4 is 8.41 Å². The van der Waals surface area contributed by atoms with Gasteiger partial charge in [0.1, 0.15) is 0 Å². The second-order valence-corrected chi connectivity index (χ2v) is 0. The second-order valence-electron chi connectivity index (χ2n) is 0. The smallest absolute Gasteiger partial charge is 0 e. The van der Waals surface area contributed by atoms with E-state index in [1.165, 1.54) is 0 Å². The first kappa shape index (κ1) is 50.1. The number of rotatable bonds is 0. The molecule has 0 unspecified atom stereocenters. The maximum absolute atomic E-state index is 0. The van der Waals surface area contributed by atoms with Crippen LogP contribution in [0.3, 0.4) is 0 Å². The summed E-state index contributed by atoms with van der Waals surface area (Å²) in [7, 11) is 0. The summed E-state index contributed by atoms with van der Waals surface area (Å²) in [5.74, 6) is 0. The van der Waals surface area contributed by atoms with Crippen LogP contribution in [-0.4, -0.2) is 8.41 Å². The van der Waals surface area contributed by atoms with Gasteiger partial charge in [-0.15, -0.1) is 0 Å². The van der Waals surface area contributed by atoms with E-state index in [1.807, 2.05) is 0 Å². The molecule has 2 radical (unpaired) electrons. The Balaban J connectivity index is 0. The van der Waals surface area contributed by atoms with Crippen LogP contribution >= 0.6 is 0 Å². The predicted molar refractivity (Wildman–Crippen MR) is 9.94 cm³/mol. The molecule has 5 heavy (non-hydrogen) atoms. The van der Waals surface area contributed by atoms with Crippen molar-refractivity contribution < 1.29 is 77.7 Å². The molecule has 0 aromatic rings. The molecular formula is H3BCuNbNiTi. The zero-order chi connectivity index (χ0) is 0. The van der Waals surface area contributed by atoms with Crippen molar-refractivity contribution in [1.29, 1.82) is 0 Å². The Bertz CT molecular complexity index is 11.6. The maximum atomic E-state index is 0. The molecule has 0 aliphatic rings. The minimum absolute atomic E-state index is 0. The van der Waals surface area contributed by atoms with Crippen LogP contribution in [0.4, 0.5) is 0 Å². The maximum Gasteiger partial charge on any atom is 0.0814 e. The fraction of sp³-hybridized carbons (Fsp3) is 0. The van der Waals surface area contributed by atoms with Gasteiger partial charge in [-0.3, -0.25) is 0 Å². The van der Waals surface area contributed by atoms with Crippen molar-refractivity contribution in [3.63, 3.8) is 0 Å². The van der Waals surface area contributed by atoms with Crippen molar-refractivity contribution in [1.82, 2.24) is 0 Å². The van der Waals surface area contributed by atoms with Gasteiger partial charge in [0.15, 0.2) is 0 Å². The van der Waals surface area contributed by atoms with Crippen LogP contribution in [0.15, 0.2) is 0 Å². The van der Waals surface area contributed by atoms with Crippen molar-refractivity contribution in [3.8, 4) is 0 Å². The molecule has 0 aliphatic carbocycles. The Hall–Kier alpha value is 2.53. The first-order chi connectivity index (χ1) is 0.